The fourth-order valence-corrected chi connectivity index (χ4v) is 2.74. The van der Waals surface area contributed by atoms with E-state index in [1.807, 2.05) is 0 Å². The van der Waals surface area contributed by atoms with E-state index in [2.05, 4.69) is 20.3 Å². The summed E-state index contributed by atoms with van der Waals surface area (Å²) in [6.07, 6.45) is 3.05. The third-order valence-corrected chi connectivity index (χ3v) is 3.90. The highest BCUT2D eigenvalue weighted by atomic mass is 16.6. The molecule has 0 aliphatic carbocycles. The molecular weight excluding hydrogens is 324 g/mol. The van der Waals surface area contributed by atoms with Gasteiger partial charge in [-0.3, -0.25) is 35.1 Å². The SMILES string of the molecule is O=C(NC1=Nc2ccc([N+](=O)[O-])cc2C2=NCCN12)c1cccnc1. The maximum absolute atomic E-state index is 12.4. The molecule has 2 aliphatic rings. The molecule has 1 aromatic heterocycles. The molecule has 4 rings (SSSR count). The number of nitro groups is 1. The first-order valence-electron chi connectivity index (χ1n) is 7.54. The van der Waals surface area contributed by atoms with Crippen molar-refractivity contribution in [1.29, 1.82) is 0 Å². The quantitative estimate of drug-likeness (QED) is 0.659. The molecule has 0 saturated heterocycles. The molecule has 124 valence electrons. The molecule has 2 aliphatic heterocycles. The van der Waals surface area contributed by atoms with Crippen LogP contribution in [0.5, 0.6) is 0 Å². The summed E-state index contributed by atoms with van der Waals surface area (Å²) in [5, 5.41) is 13.8. The van der Waals surface area contributed by atoms with Crippen molar-refractivity contribution in [3.8, 4) is 0 Å². The second kappa shape index (κ2) is 5.78. The number of pyridine rings is 1. The number of rotatable bonds is 2. The van der Waals surface area contributed by atoms with Crippen molar-refractivity contribution in [2.75, 3.05) is 13.1 Å². The minimum atomic E-state index is -0.455. The van der Waals surface area contributed by atoms with Crippen LogP contribution in [-0.2, 0) is 0 Å². The van der Waals surface area contributed by atoms with Crippen LogP contribution in [0.3, 0.4) is 0 Å². The number of benzene rings is 1. The topological polar surface area (TPSA) is 113 Å². The third-order valence-electron chi connectivity index (χ3n) is 3.90. The van der Waals surface area contributed by atoms with Gasteiger partial charge >= 0.3 is 0 Å². The van der Waals surface area contributed by atoms with Crippen molar-refractivity contribution < 1.29 is 9.72 Å². The number of carbonyl (C=O) groups is 1. The maximum atomic E-state index is 12.4. The van der Waals surface area contributed by atoms with Crippen molar-refractivity contribution in [1.82, 2.24) is 15.2 Å². The first-order chi connectivity index (χ1) is 12.1. The number of nitrogens with zero attached hydrogens (tertiary/aromatic N) is 5. The van der Waals surface area contributed by atoms with Crippen LogP contribution in [0.4, 0.5) is 11.4 Å². The number of carbonyl (C=O) groups excluding carboxylic acids is 1. The van der Waals surface area contributed by atoms with Crippen LogP contribution in [-0.4, -0.2) is 45.6 Å². The summed E-state index contributed by atoms with van der Waals surface area (Å²) in [5.41, 5.74) is 1.51. The number of amides is 1. The Labute approximate surface area is 141 Å². The summed E-state index contributed by atoms with van der Waals surface area (Å²) in [4.78, 5) is 37.4. The van der Waals surface area contributed by atoms with Crippen LogP contribution in [0, 0.1) is 10.1 Å². The summed E-state index contributed by atoms with van der Waals surface area (Å²) in [6, 6.07) is 7.72. The van der Waals surface area contributed by atoms with Crippen molar-refractivity contribution >= 4 is 29.1 Å². The summed E-state index contributed by atoms with van der Waals surface area (Å²) in [6.45, 7) is 1.07. The van der Waals surface area contributed by atoms with E-state index in [9.17, 15) is 14.9 Å². The Morgan fingerprint density at radius 2 is 2.20 bits per heavy atom. The van der Waals surface area contributed by atoms with Gasteiger partial charge in [-0.1, -0.05) is 0 Å². The Morgan fingerprint density at radius 3 is 2.96 bits per heavy atom. The predicted octanol–water partition coefficient (Wildman–Crippen LogP) is 1.48. The molecule has 0 bridgehead atoms. The number of hydrogen-bond donors (Lipinski definition) is 1. The van der Waals surface area contributed by atoms with Crippen LogP contribution in [0.1, 0.15) is 15.9 Å². The van der Waals surface area contributed by atoms with Crippen molar-refractivity contribution in [3.05, 3.63) is 64.0 Å². The predicted molar refractivity (Wildman–Crippen MR) is 90.0 cm³/mol. The molecule has 1 aromatic carbocycles. The summed E-state index contributed by atoms with van der Waals surface area (Å²) in [7, 11) is 0. The summed E-state index contributed by atoms with van der Waals surface area (Å²) >= 11 is 0. The molecule has 0 atom stereocenters. The molecule has 3 heterocycles. The fraction of sp³-hybridized carbons (Fsp3) is 0.125. The van der Waals surface area contributed by atoms with Gasteiger partial charge in [0.15, 0.2) is 0 Å². The van der Waals surface area contributed by atoms with E-state index in [1.54, 1.807) is 29.3 Å². The highest BCUT2D eigenvalue weighted by Gasteiger charge is 2.31. The molecule has 0 spiro atoms. The van der Waals surface area contributed by atoms with E-state index in [-0.39, 0.29) is 11.6 Å². The molecule has 1 amide bonds. The van der Waals surface area contributed by atoms with E-state index >= 15 is 0 Å². The highest BCUT2D eigenvalue weighted by molar-refractivity contribution is 6.19. The minimum absolute atomic E-state index is 0.0219. The maximum Gasteiger partial charge on any atom is 0.270 e. The number of aromatic nitrogens is 1. The zero-order chi connectivity index (χ0) is 17.4. The lowest BCUT2D eigenvalue weighted by Gasteiger charge is -2.27. The van der Waals surface area contributed by atoms with Crippen LogP contribution < -0.4 is 5.32 Å². The number of aliphatic imine (C=N–C) groups is 2. The largest absolute Gasteiger partial charge is 0.294 e. The Morgan fingerprint density at radius 1 is 1.32 bits per heavy atom. The first-order valence-corrected chi connectivity index (χ1v) is 7.54. The number of amidine groups is 1. The smallest absolute Gasteiger partial charge is 0.270 e. The average Bonchev–Trinajstić information content (AvgIpc) is 3.12. The molecular formula is C16H12N6O3. The number of nitro benzene ring substituents is 1. The van der Waals surface area contributed by atoms with Crippen molar-refractivity contribution in [2.24, 2.45) is 9.98 Å². The zero-order valence-electron chi connectivity index (χ0n) is 12.9. The van der Waals surface area contributed by atoms with Gasteiger partial charge in [-0.05, 0) is 18.2 Å². The molecule has 1 N–H and O–H groups in total. The van der Waals surface area contributed by atoms with Crippen molar-refractivity contribution in [3.63, 3.8) is 0 Å². The zero-order valence-corrected chi connectivity index (χ0v) is 12.9. The van der Waals surface area contributed by atoms with E-state index in [1.165, 1.54) is 18.3 Å². The van der Waals surface area contributed by atoms with E-state index in [0.717, 1.165) is 0 Å². The number of fused-ring (bicyclic) bond motifs is 3. The average molecular weight is 336 g/mol. The van der Waals surface area contributed by atoms with Crippen LogP contribution in [0.2, 0.25) is 0 Å². The molecule has 9 heteroatoms. The minimum Gasteiger partial charge on any atom is -0.294 e. The van der Waals surface area contributed by atoms with E-state index < -0.39 is 4.92 Å². The lowest BCUT2D eigenvalue weighted by Crippen LogP contribution is -2.47. The Hall–Kier alpha value is -3.62. The second-order valence-electron chi connectivity index (χ2n) is 5.45. The van der Waals surface area contributed by atoms with Crippen LogP contribution in [0.25, 0.3) is 0 Å². The lowest BCUT2D eigenvalue weighted by atomic mass is 10.1. The van der Waals surface area contributed by atoms with Gasteiger partial charge in [0.1, 0.15) is 5.84 Å². The number of hydrogen-bond acceptors (Lipinski definition) is 7. The summed E-state index contributed by atoms with van der Waals surface area (Å²) < 4.78 is 0. The van der Waals surface area contributed by atoms with Gasteiger partial charge in [0.2, 0.25) is 5.96 Å². The molecule has 0 fully saturated rings. The van der Waals surface area contributed by atoms with Gasteiger partial charge in [-0.15, -0.1) is 0 Å². The number of guanidine groups is 1. The number of nitrogens with one attached hydrogen (secondary N) is 1. The first kappa shape index (κ1) is 14.9. The summed E-state index contributed by atoms with van der Waals surface area (Å²) in [5.74, 6) is 0.602. The van der Waals surface area contributed by atoms with E-state index in [4.69, 9.17) is 0 Å². The fourth-order valence-electron chi connectivity index (χ4n) is 2.74. The van der Waals surface area contributed by atoms with Crippen LogP contribution in [0.15, 0.2) is 52.7 Å². The van der Waals surface area contributed by atoms with Gasteiger partial charge in [0.05, 0.1) is 22.7 Å². The Kier molecular flexibility index (Phi) is 3.46. The monoisotopic (exact) mass is 336 g/mol. The van der Waals surface area contributed by atoms with Gasteiger partial charge in [-0.2, -0.15) is 0 Å². The molecule has 0 saturated carbocycles. The van der Waals surface area contributed by atoms with Gasteiger partial charge in [0, 0.05) is 36.6 Å². The Bertz CT molecular complexity index is 938. The van der Waals surface area contributed by atoms with Gasteiger partial charge in [-0.25, -0.2) is 4.99 Å². The lowest BCUT2D eigenvalue weighted by molar-refractivity contribution is -0.384. The molecule has 2 aromatic rings. The molecule has 0 radical (unpaired) electrons. The molecule has 9 nitrogen and oxygen atoms in total. The number of non-ortho nitro benzene ring substituents is 1. The second-order valence-corrected chi connectivity index (χ2v) is 5.45. The molecule has 25 heavy (non-hydrogen) atoms. The Balaban J connectivity index is 1.71. The van der Waals surface area contributed by atoms with E-state index in [0.29, 0.717) is 41.7 Å². The third kappa shape index (κ3) is 2.61. The molecule has 0 unspecified atom stereocenters. The van der Waals surface area contributed by atoms with Gasteiger partial charge in [0.25, 0.3) is 11.6 Å². The van der Waals surface area contributed by atoms with Crippen LogP contribution >= 0.6 is 0 Å². The standard InChI is InChI=1S/C16H12N6O3/c23-15(10-2-1-5-17-9-10)20-16-19-13-4-3-11(22(24)25)8-12(13)14-18-6-7-21(14)16/h1-5,8-9H,6-7H2,(H,19,20,23). The highest BCUT2D eigenvalue weighted by Crippen LogP contribution is 2.31. The van der Waals surface area contributed by atoms with Gasteiger partial charge < -0.3 is 0 Å². The normalized spacial score (nSPS) is 15.0. The van der Waals surface area contributed by atoms with Crippen molar-refractivity contribution in [2.45, 2.75) is 0 Å².